The number of benzene rings is 2. The zero-order chi connectivity index (χ0) is 23.5. The number of hydrogen-bond acceptors (Lipinski definition) is 4. The molecule has 1 N–H and O–H groups in total. The molecule has 0 aliphatic rings. The van der Waals surface area contributed by atoms with Gasteiger partial charge >= 0.3 is 0 Å². The topological polar surface area (TPSA) is 67.3 Å². The third-order valence-electron chi connectivity index (χ3n) is 5.56. The van der Waals surface area contributed by atoms with Crippen LogP contribution in [0.1, 0.15) is 55.8 Å². The second-order valence-electron chi connectivity index (χ2n) is 8.07. The molecule has 2 aromatic carbocycles. The van der Waals surface area contributed by atoms with Crippen molar-refractivity contribution in [2.45, 2.75) is 50.3 Å². The minimum Gasteiger partial charge on any atom is -0.395 e. The van der Waals surface area contributed by atoms with Crippen molar-refractivity contribution < 1.29 is 13.5 Å². The van der Waals surface area contributed by atoms with Crippen LogP contribution in [0.15, 0.2) is 71.8 Å². The maximum atomic E-state index is 12.2. The standard InChI is InChI=1S/C28H31NO3S/c1-2-3-4-5-6-9-23-11-12-25(22-26(23)13-16-27-10-7-8-19-29-27)24-14-17-28(18-15-24)33(31,32)21-20-30/h7-8,10-12,14-15,17-19,22,30H,2-6,9,20-21H2,1H3. The van der Waals surface area contributed by atoms with Gasteiger partial charge in [-0.25, -0.2) is 13.4 Å². The van der Waals surface area contributed by atoms with Crippen LogP contribution in [0, 0.1) is 11.8 Å². The molecule has 0 aliphatic heterocycles. The Morgan fingerprint density at radius 3 is 2.33 bits per heavy atom. The van der Waals surface area contributed by atoms with E-state index in [2.05, 4.69) is 41.9 Å². The van der Waals surface area contributed by atoms with Crippen LogP contribution in [-0.2, 0) is 16.3 Å². The highest BCUT2D eigenvalue weighted by atomic mass is 32.2. The molecule has 0 amide bonds. The molecule has 0 aliphatic carbocycles. The maximum absolute atomic E-state index is 12.2. The summed E-state index contributed by atoms with van der Waals surface area (Å²) in [7, 11) is -3.46. The monoisotopic (exact) mass is 461 g/mol. The maximum Gasteiger partial charge on any atom is 0.180 e. The molecule has 1 aromatic heterocycles. The Morgan fingerprint density at radius 2 is 1.64 bits per heavy atom. The number of sulfone groups is 1. The summed E-state index contributed by atoms with van der Waals surface area (Å²) in [4.78, 5) is 4.52. The van der Waals surface area contributed by atoms with E-state index in [9.17, 15) is 8.42 Å². The van der Waals surface area contributed by atoms with Crippen molar-refractivity contribution in [2.75, 3.05) is 12.4 Å². The van der Waals surface area contributed by atoms with E-state index in [-0.39, 0.29) is 17.3 Å². The van der Waals surface area contributed by atoms with Crippen molar-refractivity contribution in [3.63, 3.8) is 0 Å². The molecular formula is C28H31NO3S. The van der Waals surface area contributed by atoms with Gasteiger partial charge in [0.15, 0.2) is 9.84 Å². The van der Waals surface area contributed by atoms with E-state index < -0.39 is 9.84 Å². The van der Waals surface area contributed by atoms with Gasteiger partial charge in [-0.2, -0.15) is 0 Å². The van der Waals surface area contributed by atoms with Gasteiger partial charge in [-0.3, -0.25) is 0 Å². The second kappa shape index (κ2) is 12.3. The van der Waals surface area contributed by atoms with Crippen LogP contribution in [0.2, 0.25) is 0 Å². The summed E-state index contributed by atoms with van der Waals surface area (Å²) in [6, 6.07) is 18.8. The van der Waals surface area contributed by atoms with Gasteiger partial charge in [-0.15, -0.1) is 0 Å². The van der Waals surface area contributed by atoms with Crippen molar-refractivity contribution in [1.82, 2.24) is 4.98 Å². The molecule has 0 radical (unpaired) electrons. The van der Waals surface area contributed by atoms with Gasteiger partial charge in [0.05, 0.1) is 17.3 Å². The van der Waals surface area contributed by atoms with Gasteiger partial charge in [0.25, 0.3) is 0 Å². The van der Waals surface area contributed by atoms with Crippen LogP contribution < -0.4 is 0 Å². The van der Waals surface area contributed by atoms with E-state index >= 15 is 0 Å². The van der Waals surface area contributed by atoms with Crippen molar-refractivity contribution in [3.05, 3.63) is 83.7 Å². The number of aliphatic hydroxyl groups is 1. The Labute approximate surface area is 197 Å². The normalized spacial score (nSPS) is 11.1. The first kappa shape index (κ1) is 24.7. The highest BCUT2D eigenvalue weighted by Gasteiger charge is 2.13. The summed E-state index contributed by atoms with van der Waals surface area (Å²) in [6.07, 6.45) is 8.83. The van der Waals surface area contributed by atoms with Crippen LogP contribution in [0.4, 0.5) is 0 Å². The van der Waals surface area contributed by atoms with E-state index in [0.717, 1.165) is 35.2 Å². The molecule has 0 saturated carbocycles. The van der Waals surface area contributed by atoms with Crippen LogP contribution in [0.5, 0.6) is 0 Å². The lowest BCUT2D eigenvalue weighted by molar-refractivity contribution is 0.319. The third-order valence-corrected chi connectivity index (χ3v) is 7.27. The Kier molecular flexibility index (Phi) is 9.24. The van der Waals surface area contributed by atoms with Gasteiger partial charge < -0.3 is 5.11 Å². The highest BCUT2D eigenvalue weighted by Crippen LogP contribution is 2.25. The molecule has 5 heteroatoms. The lowest BCUT2D eigenvalue weighted by Gasteiger charge is -2.10. The van der Waals surface area contributed by atoms with Crippen molar-refractivity contribution in [2.24, 2.45) is 0 Å². The molecular weight excluding hydrogens is 430 g/mol. The van der Waals surface area contributed by atoms with Crippen molar-refractivity contribution in [1.29, 1.82) is 0 Å². The van der Waals surface area contributed by atoms with E-state index in [4.69, 9.17) is 5.11 Å². The number of pyridine rings is 1. The predicted octanol–water partition coefficient (Wildman–Crippen LogP) is 5.43. The molecule has 0 unspecified atom stereocenters. The molecule has 33 heavy (non-hydrogen) atoms. The first-order chi connectivity index (χ1) is 16.0. The smallest absolute Gasteiger partial charge is 0.180 e. The van der Waals surface area contributed by atoms with Crippen molar-refractivity contribution in [3.8, 4) is 23.0 Å². The fourth-order valence-corrected chi connectivity index (χ4v) is 4.70. The number of unbranched alkanes of at least 4 members (excludes halogenated alkanes) is 4. The fourth-order valence-electron chi connectivity index (χ4n) is 3.67. The Hall–Kier alpha value is -2.94. The zero-order valence-electron chi connectivity index (χ0n) is 19.1. The lowest BCUT2D eigenvalue weighted by Crippen LogP contribution is -2.09. The molecule has 0 saturated heterocycles. The van der Waals surface area contributed by atoms with Crippen LogP contribution in [0.25, 0.3) is 11.1 Å². The largest absolute Gasteiger partial charge is 0.395 e. The molecule has 3 rings (SSSR count). The molecule has 3 aromatic rings. The number of aromatic nitrogens is 1. The summed E-state index contributed by atoms with van der Waals surface area (Å²) in [6.45, 7) is 1.83. The van der Waals surface area contributed by atoms with Gasteiger partial charge in [-0.05, 0) is 65.8 Å². The molecule has 0 bridgehead atoms. The molecule has 0 spiro atoms. The quantitative estimate of drug-likeness (QED) is 0.323. The highest BCUT2D eigenvalue weighted by molar-refractivity contribution is 7.91. The minimum atomic E-state index is -3.46. The molecule has 1 heterocycles. The number of rotatable bonds is 10. The SMILES string of the molecule is CCCCCCCc1ccc(-c2ccc(S(=O)(=O)CCO)cc2)cc1C#Cc1ccccn1. The molecule has 0 fully saturated rings. The Bertz CT molecular complexity index is 1190. The van der Waals surface area contributed by atoms with Gasteiger partial charge in [0.2, 0.25) is 0 Å². The summed E-state index contributed by atoms with van der Waals surface area (Å²) in [5.41, 5.74) is 4.84. The van der Waals surface area contributed by atoms with Crippen molar-refractivity contribution >= 4 is 9.84 Å². The Morgan fingerprint density at radius 1 is 0.879 bits per heavy atom. The zero-order valence-corrected chi connectivity index (χ0v) is 19.9. The number of aliphatic hydroxyl groups excluding tert-OH is 1. The first-order valence-electron chi connectivity index (χ1n) is 11.5. The second-order valence-corrected chi connectivity index (χ2v) is 10.2. The summed E-state index contributed by atoms with van der Waals surface area (Å²) in [5, 5.41) is 8.99. The predicted molar refractivity (Wildman–Crippen MR) is 134 cm³/mol. The van der Waals surface area contributed by atoms with E-state index in [1.165, 1.54) is 31.2 Å². The fraction of sp³-hybridized carbons (Fsp3) is 0.321. The van der Waals surface area contributed by atoms with Gasteiger partial charge in [-0.1, -0.05) is 68.9 Å². The summed E-state index contributed by atoms with van der Waals surface area (Å²) >= 11 is 0. The lowest BCUT2D eigenvalue weighted by atomic mass is 9.96. The molecule has 0 atom stereocenters. The third kappa shape index (κ3) is 7.28. The van der Waals surface area contributed by atoms with E-state index in [1.807, 2.05) is 18.2 Å². The first-order valence-corrected chi connectivity index (χ1v) is 13.2. The molecule has 4 nitrogen and oxygen atoms in total. The number of hydrogen-bond donors (Lipinski definition) is 1. The van der Waals surface area contributed by atoms with Crippen LogP contribution in [0.3, 0.4) is 0 Å². The minimum absolute atomic E-state index is 0.221. The van der Waals surface area contributed by atoms with Gasteiger partial charge in [0, 0.05) is 11.8 Å². The average Bonchev–Trinajstić information content (AvgIpc) is 2.84. The number of nitrogens with zero attached hydrogens (tertiary/aromatic N) is 1. The van der Waals surface area contributed by atoms with E-state index in [1.54, 1.807) is 30.5 Å². The summed E-state index contributed by atoms with van der Waals surface area (Å²) in [5.74, 6) is 6.21. The average molecular weight is 462 g/mol. The summed E-state index contributed by atoms with van der Waals surface area (Å²) < 4.78 is 24.4. The van der Waals surface area contributed by atoms with Crippen LogP contribution >= 0.6 is 0 Å². The van der Waals surface area contributed by atoms with Crippen LogP contribution in [-0.4, -0.2) is 30.9 Å². The number of aryl methyl sites for hydroxylation is 1. The van der Waals surface area contributed by atoms with Gasteiger partial charge in [0.1, 0.15) is 5.69 Å². The Balaban J connectivity index is 1.88. The molecule has 172 valence electrons. The van der Waals surface area contributed by atoms with E-state index in [0.29, 0.717) is 0 Å².